The molecule has 2 aliphatic rings. The second-order valence-corrected chi connectivity index (χ2v) is 10.4. The molecule has 0 amide bonds. The fourth-order valence-electron chi connectivity index (χ4n) is 5.33. The number of nitrogens with zero attached hydrogens (tertiary/aromatic N) is 3. The zero-order chi connectivity index (χ0) is 23.7. The van der Waals surface area contributed by atoms with E-state index in [9.17, 15) is 0 Å². The molecule has 178 valence electrons. The van der Waals surface area contributed by atoms with Crippen molar-refractivity contribution in [3.8, 4) is 0 Å². The Morgan fingerprint density at radius 3 is 2.79 bits per heavy atom. The molecule has 2 aromatic heterocycles. The van der Waals surface area contributed by atoms with Crippen molar-refractivity contribution in [3.05, 3.63) is 58.4 Å². The van der Waals surface area contributed by atoms with Gasteiger partial charge in [-0.3, -0.25) is 4.40 Å². The maximum Gasteiger partial charge on any atom is 0.149 e. The summed E-state index contributed by atoms with van der Waals surface area (Å²) in [4.78, 5) is 8.96. The maximum absolute atomic E-state index is 15.5. The molecule has 0 aliphatic heterocycles. The zero-order valence-electron chi connectivity index (χ0n) is 19.9. The smallest absolute Gasteiger partial charge is 0.149 e. The molecular formula is C26H35ClFN5. The molecular weight excluding hydrogens is 437 g/mol. The van der Waals surface area contributed by atoms with Crippen LogP contribution >= 0.6 is 11.6 Å². The summed E-state index contributed by atoms with van der Waals surface area (Å²) < 4.78 is 17.5. The summed E-state index contributed by atoms with van der Waals surface area (Å²) in [5.74, 6) is 1.84. The molecule has 0 saturated heterocycles. The van der Waals surface area contributed by atoms with E-state index in [1.165, 1.54) is 25.7 Å². The first-order valence-corrected chi connectivity index (χ1v) is 12.4. The molecule has 7 heteroatoms. The monoisotopic (exact) mass is 471 g/mol. The number of alkyl halides is 1. The highest BCUT2D eigenvalue weighted by Crippen LogP contribution is 2.41. The van der Waals surface area contributed by atoms with Gasteiger partial charge in [-0.05, 0) is 49.7 Å². The van der Waals surface area contributed by atoms with Crippen molar-refractivity contribution in [2.75, 3.05) is 12.3 Å². The van der Waals surface area contributed by atoms with Gasteiger partial charge in [-0.2, -0.15) is 0 Å². The third-order valence-electron chi connectivity index (χ3n) is 6.93. The van der Waals surface area contributed by atoms with Gasteiger partial charge in [-0.15, -0.1) is 0 Å². The topological polar surface area (TPSA) is 68.2 Å². The number of nitrogen functional groups attached to an aromatic ring is 1. The summed E-state index contributed by atoms with van der Waals surface area (Å²) in [7, 11) is 0. The molecule has 2 aromatic rings. The van der Waals surface area contributed by atoms with E-state index in [1.807, 2.05) is 17.5 Å². The van der Waals surface area contributed by atoms with Crippen LogP contribution in [0.25, 0.3) is 5.52 Å². The van der Waals surface area contributed by atoms with Crippen LogP contribution in [0.4, 0.5) is 10.2 Å². The van der Waals surface area contributed by atoms with Gasteiger partial charge in [0.1, 0.15) is 23.3 Å². The third kappa shape index (κ3) is 4.96. The summed E-state index contributed by atoms with van der Waals surface area (Å²) in [6.45, 7) is 11.4. The normalized spacial score (nSPS) is 21.8. The average molecular weight is 472 g/mol. The van der Waals surface area contributed by atoms with Gasteiger partial charge in [0.2, 0.25) is 0 Å². The lowest BCUT2D eigenvalue weighted by Gasteiger charge is -2.33. The van der Waals surface area contributed by atoms with Crippen molar-refractivity contribution in [3.63, 3.8) is 0 Å². The highest BCUT2D eigenvalue weighted by atomic mass is 35.5. The molecule has 1 fully saturated rings. The maximum atomic E-state index is 15.5. The van der Waals surface area contributed by atoms with E-state index >= 15 is 4.39 Å². The Labute approximate surface area is 201 Å². The van der Waals surface area contributed by atoms with Crippen molar-refractivity contribution in [1.29, 1.82) is 0 Å². The first-order chi connectivity index (χ1) is 15.8. The van der Waals surface area contributed by atoms with Crippen LogP contribution in [0.5, 0.6) is 0 Å². The van der Waals surface area contributed by atoms with E-state index in [4.69, 9.17) is 22.3 Å². The second-order valence-electron chi connectivity index (χ2n) is 9.94. The lowest BCUT2D eigenvalue weighted by molar-refractivity contribution is 0.307. The predicted octanol–water partition coefficient (Wildman–Crippen LogP) is 5.89. The first kappa shape index (κ1) is 23.8. The van der Waals surface area contributed by atoms with Gasteiger partial charge in [0.25, 0.3) is 0 Å². The highest BCUT2D eigenvalue weighted by molar-refractivity contribution is 6.30. The average Bonchev–Trinajstić information content (AvgIpc) is 3.38. The van der Waals surface area contributed by atoms with E-state index < -0.39 is 12.1 Å². The fraction of sp³-hybridized carbons (Fsp3) is 0.538. The Morgan fingerprint density at radius 1 is 1.36 bits per heavy atom. The van der Waals surface area contributed by atoms with Crippen LogP contribution in [-0.4, -0.2) is 27.1 Å². The SMILES string of the molecule is C=C(NCC1CCCC1)C1C(CC(C)C)=C(Cc2nc(C)c3c(N)nccn23)C=C(Cl)C1F. The van der Waals surface area contributed by atoms with E-state index in [-0.39, 0.29) is 5.03 Å². The molecule has 2 aliphatic carbocycles. The number of nitrogens with one attached hydrogen (secondary N) is 1. The lowest BCUT2D eigenvalue weighted by atomic mass is 9.78. The van der Waals surface area contributed by atoms with Gasteiger partial charge in [0.05, 0.1) is 16.6 Å². The molecule has 1 saturated carbocycles. The van der Waals surface area contributed by atoms with Gasteiger partial charge in [0.15, 0.2) is 0 Å². The number of rotatable bonds is 8. The first-order valence-electron chi connectivity index (χ1n) is 12.0. The molecule has 33 heavy (non-hydrogen) atoms. The largest absolute Gasteiger partial charge is 0.388 e. The standard InChI is InChI=1S/C26H35ClFN5/c1-15(2)11-20-19(13-22-32-17(4)25-26(29)30-9-10-33(22)25)12-21(27)24(28)23(20)16(3)31-14-18-7-5-6-8-18/h9-10,12,15,18,23-24,31H,3,5-8,11,13-14H2,1-2,4H3,(H2,29,30). The van der Waals surface area contributed by atoms with Gasteiger partial charge in [-0.1, -0.05) is 50.4 Å². The Hall–Kier alpha value is -2.34. The number of anilines is 1. The number of nitrogens with two attached hydrogens (primary N) is 1. The minimum atomic E-state index is -1.29. The Kier molecular flexibility index (Phi) is 7.13. The summed E-state index contributed by atoms with van der Waals surface area (Å²) in [6.07, 6.45) is 10.4. The number of allylic oxidation sites excluding steroid dienone is 4. The summed E-state index contributed by atoms with van der Waals surface area (Å²) in [5.41, 5.74) is 10.5. The molecule has 2 atom stereocenters. The van der Waals surface area contributed by atoms with Crippen molar-refractivity contribution < 1.29 is 4.39 Å². The zero-order valence-corrected chi connectivity index (χ0v) is 20.6. The van der Waals surface area contributed by atoms with Crippen molar-refractivity contribution in [2.24, 2.45) is 17.8 Å². The molecule has 2 unspecified atom stereocenters. The number of hydrogen-bond acceptors (Lipinski definition) is 4. The van der Waals surface area contributed by atoms with E-state index in [1.54, 1.807) is 12.3 Å². The summed E-state index contributed by atoms with van der Waals surface area (Å²) in [5, 5.41) is 3.70. The third-order valence-corrected chi connectivity index (χ3v) is 7.25. The number of aryl methyl sites for hydroxylation is 1. The van der Waals surface area contributed by atoms with Crippen molar-refractivity contribution in [2.45, 2.75) is 65.5 Å². The second kappa shape index (κ2) is 9.88. The highest BCUT2D eigenvalue weighted by Gasteiger charge is 2.36. The molecule has 0 bridgehead atoms. The van der Waals surface area contributed by atoms with Crippen LogP contribution in [0, 0.1) is 24.7 Å². The van der Waals surface area contributed by atoms with Crippen LogP contribution in [0.3, 0.4) is 0 Å². The number of hydrogen-bond donors (Lipinski definition) is 2. The van der Waals surface area contributed by atoms with E-state index in [0.29, 0.717) is 24.1 Å². The number of aromatic nitrogens is 3. The minimum Gasteiger partial charge on any atom is -0.388 e. The summed E-state index contributed by atoms with van der Waals surface area (Å²) >= 11 is 6.47. The molecule has 0 aromatic carbocycles. The molecule has 5 nitrogen and oxygen atoms in total. The van der Waals surface area contributed by atoms with Crippen LogP contribution in [-0.2, 0) is 6.42 Å². The van der Waals surface area contributed by atoms with Crippen LogP contribution < -0.4 is 11.1 Å². The quantitative estimate of drug-likeness (QED) is 0.503. The Bertz CT molecular complexity index is 1090. The van der Waals surface area contributed by atoms with Crippen LogP contribution in [0.15, 0.2) is 46.9 Å². The molecule has 4 rings (SSSR count). The van der Waals surface area contributed by atoms with Crippen LogP contribution in [0.2, 0.25) is 0 Å². The Balaban J connectivity index is 1.69. The number of halogens is 2. The molecule has 3 N–H and O–H groups in total. The van der Waals surface area contributed by atoms with Crippen LogP contribution in [0.1, 0.15) is 57.5 Å². The van der Waals surface area contributed by atoms with E-state index in [2.05, 4.69) is 30.7 Å². The number of imidazole rings is 1. The number of fused-ring (bicyclic) bond motifs is 1. The van der Waals surface area contributed by atoms with Gasteiger partial charge in [-0.25, -0.2) is 14.4 Å². The fourth-order valence-corrected chi connectivity index (χ4v) is 5.59. The van der Waals surface area contributed by atoms with Crippen molar-refractivity contribution in [1.82, 2.24) is 19.7 Å². The van der Waals surface area contributed by atoms with Gasteiger partial charge < -0.3 is 11.1 Å². The van der Waals surface area contributed by atoms with E-state index in [0.717, 1.165) is 46.8 Å². The van der Waals surface area contributed by atoms with Crippen molar-refractivity contribution >= 4 is 22.9 Å². The molecule has 0 radical (unpaired) electrons. The molecule has 2 heterocycles. The van der Waals surface area contributed by atoms with Gasteiger partial charge >= 0.3 is 0 Å². The van der Waals surface area contributed by atoms with Gasteiger partial charge in [0, 0.05) is 31.1 Å². The summed E-state index contributed by atoms with van der Waals surface area (Å²) in [6, 6.07) is 0. The lowest BCUT2D eigenvalue weighted by Crippen LogP contribution is -2.33. The molecule has 0 spiro atoms. The predicted molar refractivity (Wildman–Crippen MR) is 134 cm³/mol. The Morgan fingerprint density at radius 2 is 2.09 bits per heavy atom. The minimum absolute atomic E-state index is 0.227.